The molecule has 0 aliphatic carbocycles. The number of fused-ring (bicyclic) bond motifs is 1. The Hall–Kier alpha value is -2.26. The van der Waals surface area contributed by atoms with Gasteiger partial charge in [0.15, 0.2) is 0 Å². The van der Waals surface area contributed by atoms with Gasteiger partial charge in [0.05, 0.1) is 30.3 Å². The average molecular weight is 434 g/mol. The fraction of sp³-hybridized carbons (Fsp3) is 0.571. The van der Waals surface area contributed by atoms with Gasteiger partial charge in [-0.2, -0.15) is 0 Å². The standard InChI is InChI=1S/C21H27N3O5S/c1-11-10-14-15(18(26)22-2)16-20(28)24(8-9-25)17(21(11,16)30-14)19(27)23-12-4-6-13(29-3)7-5-12/h4-7,11,14-17,25H,8-10H2,1-3H3,(H,22,26)(H,23,27)/t11?,14-,15+,16-,17?,21?/m0/s1. The third-order valence-electron chi connectivity index (χ3n) is 6.74. The maximum absolute atomic E-state index is 13.5. The molecule has 1 aromatic carbocycles. The van der Waals surface area contributed by atoms with E-state index in [9.17, 15) is 19.5 Å². The lowest BCUT2D eigenvalue weighted by molar-refractivity contribution is -0.139. The first-order chi connectivity index (χ1) is 14.4. The summed E-state index contributed by atoms with van der Waals surface area (Å²) in [5.41, 5.74) is 0.602. The summed E-state index contributed by atoms with van der Waals surface area (Å²) in [7, 11) is 3.15. The van der Waals surface area contributed by atoms with Crippen LogP contribution in [0.5, 0.6) is 5.75 Å². The number of anilines is 1. The van der Waals surface area contributed by atoms with E-state index in [2.05, 4.69) is 17.6 Å². The molecule has 3 unspecified atom stereocenters. The van der Waals surface area contributed by atoms with Gasteiger partial charge in [-0.3, -0.25) is 14.4 Å². The smallest absolute Gasteiger partial charge is 0.248 e. The molecule has 0 saturated carbocycles. The van der Waals surface area contributed by atoms with Crippen LogP contribution in [0.2, 0.25) is 0 Å². The van der Waals surface area contributed by atoms with Crippen molar-refractivity contribution in [3.05, 3.63) is 24.3 Å². The van der Waals surface area contributed by atoms with Gasteiger partial charge in [-0.25, -0.2) is 0 Å². The lowest BCUT2D eigenvalue weighted by Gasteiger charge is -2.38. The van der Waals surface area contributed by atoms with Crippen molar-refractivity contribution in [2.75, 3.05) is 32.6 Å². The molecule has 0 radical (unpaired) electrons. The van der Waals surface area contributed by atoms with E-state index in [1.807, 2.05) is 0 Å². The van der Waals surface area contributed by atoms with Crippen molar-refractivity contribution in [3.63, 3.8) is 0 Å². The summed E-state index contributed by atoms with van der Waals surface area (Å²) < 4.78 is 4.48. The number of nitrogens with zero attached hydrogens (tertiary/aromatic N) is 1. The molecule has 1 aromatic rings. The lowest BCUT2D eigenvalue weighted by Crippen LogP contribution is -2.55. The fourth-order valence-electron chi connectivity index (χ4n) is 5.52. The molecule has 3 aliphatic rings. The van der Waals surface area contributed by atoms with Gasteiger partial charge >= 0.3 is 0 Å². The summed E-state index contributed by atoms with van der Waals surface area (Å²) in [5, 5.41) is 15.2. The number of aliphatic hydroxyl groups excluding tert-OH is 1. The molecule has 8 nitrogen and oxygen atoms in total. The van der Waals surface area contributed by atoms with Gasteiger partial charge in [0, 0.05) is 24.5 Å². The van der Waals surface area contributed by atoms with E-state index >= 15 is 0 Å². The Bertz CT molecular complexity index is 863. The Morgan fingerprint density at radius 2 is 2.00 bits per heavy atom. The maximum Gasteiger partial charge on any atom is 0.248 e. The van der Waals surface area contributed by atoms with Crippen LogP contribution in [-0.4, -0.2) is 71.1 Å². The number of carbonyl (C=O) groups is 3. The minimum atomic E-state index is -0.746. The van der Waals surface area contributed by atoms with E-state index in [0.717, 1.165) is 6.42 Å². The highest BCUT2D eigenvalue weighted by atomic mass is 32.2. The van der Waals surface area contributed by atoms with Crippen LogP contribution in [0.25, 0.3) is 0 Å². The molecule has 162 valence electrons. The van der Waals surface area contributed by atoms with Crippen molar-refractivity contribution in [3.8, 4) is 5.75 Å². The first-order valence-corrected chi connectivity index (χ1v) is 11.0. The van der Waals surface area contributed by atoms with Crippen LogP contribution in [-0.2, 0) is 14.4 Å². The number of hydrogen-bond donors (Lipinski definition) is 3. The first-order valence-electron chi connectivity index (χ1n) is 10.1. The maximum atomic E-state index is 13.5. The second-order valence-corrected chi connectivity index (χ2v) is 9.69. The Morgan fingerprint density at radius 3 is 2.60 bits per heavy atom. The van der Waals surface area contributed by atoms with E-state index in [4.69, 9.17) is 4.74 Å². The zero-order valence-electron chi connectivity index (χ0n) is 17.3. The number of hydrogen-bond acceptors (Lipinski definition) is 6. The largest absolute Gasteiger partial charge is 0.497 e. The van der Waals surface area contributed by atoms with E-state index < -0.39 is 22.6 Å². The summed E-state index contributed by atoms with van der Waals surface area (Å²) >= 11 is 1.61. The van der Waals surface area contributed by atoms with Crippen molar-refractivity contribution in [1.29, 1.82) is 0 Å². The molecule has 6 atom stereocenters. The molecule has 3 amide bonds. The number of rotatable bonds is 6. The van der Waals surface area contributed by atoms with Crippen LogP contribution in [0, 0.1) is 17.8 Å². The molecule has 1 spiro atoms. The first kappa shape index (κ1) is 21.0. The summed E-state index contributed by atoms with van der Waals surface area (Å²) in [4.78, 5) is 41.0. The van der Waals surface area contributed by atoms with Crippen LogP contribution in [0.4, 0.5) is 5.69 Å². The van der Waals surface area contributed by atoms with E-state index in [1.165, 1.54) is 4.90 Å². The predicted molar refractivity (Wildman–Crippen MR) is 113 cm³/mol. The van der Waals surface area contributed by atoms with Crippen LogP contribution in [0.3, 0.4) is 0 Å². The van der Waals surface area contributed by atoms with E-state index in [-0.39, 0.29) is 42.0 Å². The Morgan fingerprint density at radius 1 is 1.30 bits per heavy atom. The summed E-state index contributed by atoms with van der Waals surface area (Å²) in [5.74, 6) is -0.900. The van der Waals surface area contributed by atoms with Crippen molar-refractivity contribution in [1.82, 2.24) is 10.2 Å². The fourth-order valence-corrected chi connectivity index (χ4v) is 7.94. The number of amides is 3. The molecule has 2 bridgehead atoms. The van der Waals surface area contributed by atoms with Gasteiger partial charge in [0.2, 0.25) is 17.7 Å². The highest BCUT2D eigenvalue weighted by molar-refractivity contribution is 8.02. The zero-order valence-corrected chi connectivity index (χ0v) is 18.1. The minimum absolute atomic E-state index is 0.0152. The summed E-state index contributed by atoms with van der Waals surface area (Å²) in [6, 6.07) is 6.25. The number of likely N-dealkylation sites (tertiary alicyclic amines) is 1. The number of benzene rings is 1. The van der Waals surface area contributed by atoms with E-state index in [0.29, 0.717) is 11.4 Å². The van der Waals surface area contributed by atoms with Crippen LogP contribution in [0.15, 0.2) is 24.3 Å². The molecular weight excluding hydrogens is 406 g/mol. The van der Waals surface area contributed by atoms with Gasteiger partial charge in [0.1, 0.15) is 11.8 Å². The van der Waals surface area contributed by atoms with Gasteiger partial charge in [-0.15, -0.1) is 11.8 Å². The molecule has 9 heteroatoms. The van der Waals surface area contributed by atoms with Crippen LogP contribution in [0.1, 0.15) is 13.3 Å². The highest BCUT2D eigenvalue weighted by Gasteiger charge is 2.75. The number of thioether (sulfide) groups is 1. The molecule has 30 heavy (non-hydrogen) atoms. The highest BCUT2D eigenvalue weighted by Crippen LogP contribution is 2.68. The Labute approximate surface area is 179 Å². The second-order valence-electron chi connectivity index (χ2n) is 8.14. The Kier molecular flexibility index (Phi) is 5.44. The van der Waals surface area contributed by atoms with Gasteiger partial charge in [-0.05, 0) is 36.6 Å². The third kappa shape index (κ3) is 2.90. The average Bonchev–Trinajstić information content (AvgIpc) is 3.32. The predicted octanol–water partition coefficient (Wildman–Crippen LogP) is 0.709. The summed E-state index contributed by atoms with van der Waals surface area (Å²) in [6.45, 7) is 1.88. The number of methoxy groups -OCH3 is 1. The van der Waals surface area contributed by atoms with Gasteiger partial charge in [-0.1, -0.05) is 6.92 Å². The number of nitrogens with one attached hydrogen (secondary N) is 2. The van der Waals surface area contributed by atoms with Crippen molar-refractivity contribution >= 4 is 35.2 Å². The Balaban J connectivity index is 1.70. The monoisotopic (exact) mass is 433 g/mol. The van der Waals surface area contributed by atoms with Gasteiger partial charge in [0.25, 0.3) is 0 Å². The number of aliphatic hydroxyl groups is 1. The molecule has 3 saturated heterocycles. The SMILES string of the molecule is CNC(=O)[C@@H]1[C@@H]2CC(C)C3(S2)C(C(=O)Nc2ccc(OC)cc2)N(CCO)C(=O)[C@H]13. The molecule has 3 aliphatic heterocycles. The summed E-state index contributed by atoms with van der Waals surface area (Å²) in [6.07, 6.45) is 0.784. The molecule has 0 aromatic heterocycles. The van der Waals surface area contributed by atoms with Crippen molar-refractivity contribution in [2.24, 2.45) is 17.8 Å². The topological polar surface area (TPSA) is 108 Å². The van der Waals surface area contributed by atoms with Crippen LogP contribution < -0.4 is 15.4 Å². The zero-order chi connectivity index (χ0) is 21.6. The minimum Gasteiger partial charge on any atom is -0.497 e. The normalized spacial score (nSPS) is 34.1. The lowest BCUT2D eigenvalue weighted by atomic mass is 9.66. The second kappa shape index (κ2) is 7.77. The molecule has 3 N–H and O–H groups in total. The van der Waals surface area contributed by atoms with Crippen LogP contribution >= 0.6 is 11.8 Å². The quantitative estimate of drug-likeness (QED) is 0.610. The molecule has 3 fully saturated rings. The molecule has 4 rings (SSSR count). The van der Waals surface area contributed by atoms with Crippen molar-refractivity contribution in [2.45, 2.75) is 29.4 Å². The van der Waals surface area contributed by atoms with Crippen molar-refractivity contribution < 1.29 is 24.2 Å². The number of ether oxygens (including phenoxy) is 1. The number of carbonyl (C=O) groups excluding carboxylic acids is 3. The molecular formula is C21H27N3O5S. The molecule has 3 heterocycles. The van der Waals surface area contributed by atoms with Gasteiger partial charge < -0.3 is 25.4 Å². The number of β-amino-alcohol motifs (C(OH)–C–C–N with tert-alkyl or cyclic N) is 1. The third-order valence-corrected chi connectivity index (χ3v) is 8.82. The van der Waals surface area contributed by atoms with E-state index in [1.54, 1.807) is 50.2 Å².